The Morgan fingerprint density at radius 3 is 1.86 bits per heavy atom. The maximum atomic E-state index is 2.36. The van der Waals surface area contributed by atoms with Crippen LogP contribution in [-0.2, 0) is 0 Å². The first-order valence-corrected chi connectivity index (χ1v) is 6.53. The minimum atomic E-state index is -1.11. The van der Waals surface area contributed by atoms with Crippen LogP contribution >= 0.6 is 0 Å². The van der Waals surface area contributed by atoms with Crippen molar-refractivity contribution < 1.29 is 0 Å². The van der Waals surface area contributed by atoms with E-state index in [4.69, 9.17) is 0 Å². The van der Waals surface area contributed by atoms with Gasteiger partial charge in [-0.1, -0.05) is 24.3 Å². The van der Waals surface area contributed by atoms with Crippen molar-refractivity contribution in [3.05, 3.63) is 29.8 Å². The van der Waals surface area contributed by atoms with Gasteiger partial charge in [0.2, 0.25) is 9.12 Å². The van der Waals surface area contributed by atoms with E-state index in [-0.39, 0.29) is 0 Å². The highest BCUT2D eigenvalue weighted by Gasteiger charge is 2.20. The molecule has 0 N–H and O–H groups in total. The second-order valence-electron chi connectivity index (χ2n) is 4.16. The van der Waals surface area contributed by atoms with Gasteiger partial charge in [-0.15, -0.1) is 0 Å². The Kier molecular flexibility index (Phi) is 3.86. The Bertz CT molecular complexity index is 289. The van der Waals surface area contributed by atoms with Gasteiger partial charge in [0.05, 0.1) is 0 Å². The molecule has 0 heterocycles. The number of hydrogen-bond donors (Lipinski definition) is 0. The van der Waals surface area contributed by atoms with E-state index >= 15 is 0 Å². The number of nitrogens with zero attached hydrogens (tertiary/aromatic N) is 2. The zero-order valence-electron chi connectivity index (χ0n) is 9.78. The van der Waals surface area contributed by atoms with Crippen molar-refractivity contribution in [1.29, 1.82) is 0 Å². The van der Waals surface area contributed by atoms with E-state index in [1.807, 2.05) is 0 Å². The highest BCUT2D eigenvalue weighted by molar-refractivity contribution is 6.68. The van der Waals surface area contributed by atoms with Crippen LogP contribution < -0.4 is 5.19 Å². The zero-order valence-corrected chi connectivity index (χ0v) is 10.9. The summed E-state index contributed by atoms with van der Waals surface area (Å²) < 4.78 is 4.73. The molecule has 2 nitrogen and oxygen atoms in total. The molecule has 0 aliphatic carbocycles. The molecule has 0 atom stereocenters. The lowest BCUT2D eigenvalue weighted by atomic mass is 10.2. The topological polar surface area (TPSA) is 6.48 Å². The molecule has 0 aliphatic rings. The van der Waals surface area contributed by atoms with Gasteiger partial charge in [0.1, 0.15) is 0 Å². The lowest BCUT2D eigenvalue weighted by Gasteiger charge is -2.29. The number of benzene rings is 1. The van der Waals surface area contributed by atoms with Gasteiger partial charge in [-0.25, -0.2) is 0 Å². The molecular formula is C11H20N2Si. The summed E-state index contributed by atoms with van der Waals surface area (Å²) >= 11 is 0. The lowest BCUT2D eigenvalue weighted by Crippen LogP contribution is -2.55. The first-order valence-electron chi connectivity index (χ1n) is 4.92. The van der Waals surface area contributed by atoms with Crippen molar-refractivity contribution in [2.24, 2.45) is 0 Å². The van der Waals surface area contributed by atoms with Crippen LogP contribution in [0.5, 0.6) is 0 Å². The summed E-state index contributed by atoms with van der Waals surface area (Å²) in [5.41, 5.74) is 1.41. The average molecular weight is 208 g/mol. The molecule has 0 amide bonds. The number of rotatable bonds is 3. The third-order valence-corrected chi connectivity index (χ3v) is 5.61. The van der Waals surface area contributed by atoms with Gasteiger partial charge in [-0.05, 0) is 45.9 Å². The van der Waals surface area contributed by atoms with Crippen LogP contribution in [0.25, 0.3) is 0 Å². The standard InChI is InChI=1S/C11H20N2Si/c1-10-8-6-7-9-11(10)14(12(2)3)13(4)5/h6-9,14H,1-5H3. The van der Waals surface area contributed by atoms with Crippen molar-refractivity contribution >= 4 is 14.3 Å². The lowest BCUT2D eigenvalue weighted by molar-refractivity contribution is 0.531. The predicted molar refractivity (Wildman–Crippen MR) is 65.3 cm³/mol. The van der Waals surface area contributed by atoms with Gasteiger partial charge < -0.3 is 9.13 Å². The zero-order chi connectivity index (χ0) is 10.7. The molecule has 0 bridgehead atoms. The molecule has 0 saturated heterocycles. The van der Waals surface area contributed by atoms with Crippen molar-refractivity contribution in [1.82, 2.24) is 9.13 Å². The molecule has 0 spiro atoms. The van der Waals surface area contributed by atoms with Crippen LogP contribution in [0.15, 0.2) is 24.3 Å². The van der Waals surface area contributed by atoms with Crippen molar-refractivity contribution in [2.75, 3.05) is 28.2 Å². The van der Waals surface area contributed by atoms with E-state index in [2.05, 4.69) is 68.5 Å². The van der Waals surface area contributed by atoms with E-state index in [0.29, 0.717) is 0 Å². The molecule has 0 aromatic heterocycles. The van der Waals surface area contributed by atoms with Crippen LogP contribution in [0.2, 0.25) is 0 Å². The smallest absolute Gasteiger partial charge is 0.222 e. The first-order chi connectivity index (χ1) is 6.54. The third kappa shape index (κ3) is 2.44. The molecule has 3 heteroatoms. The minimum Gasteiger partial charge on any atom is -0.316 e. The van der Waals surface area contributed by atoms with Gasteiger partial charge in [-0.3, -0.25) is 0 Å². The van der Waals surface area contributed by atoms with Crippen LogP contribution in [0.3, 0.4) is 0 Å². The molecule has 1 rings (SSSR count). The maximum absolute atomic E-state index is 2.36. The number of aryl methyl sites for hydroxylation is 1. The Hall–Kier alpha value is -0.643. The van der Waals surface area contributed by atoms with Crippen LogP contribution in [0.1, 0.15) is 5.56 Å². The molecule has 0 aliphatic heterocycles. The maximum Gasteiger partial charge on any atom is 0.222 e. The van der Waals surface area contributed by atoms with Gasteiger partial charge in [-0.2, -0.15) is 0 Å². The van der Waals surface area contributed by atoms with E-state index in [1.54, 1.807) is 0 Å². The Labute approximate surface area is 88.9 Å². The summed E-state index contributed by atoms with van der Waals surface area (Å²) in [4.78, 5) is 0. The molecule has 1 aromatic rings. The molecule has 0 saturated carbocycles. The fourth-order valence-electron chi connectivity index (χ4n) is 1.89. The summed E-state index contributed by atoms with van der Waals surface area (Å²) in [5.74, 6) is 0. The second-order valence-corrected chi connectivity index (χ2v) is 7.59. The van der Waals surface area contributed by atoms with Crippen LogP contribution in [0.4, 0.5) is 0 Å². The van der Waals surface area contributed by atoms with Crippen molar-refractivity contribution in [3.63, 3.8) is 0 Å². The quantitative estimate of drug-likeness (QED) is 0.669. The monoisotopic (exact) mass is 208 g/mol. The van der Waals surface area contributed by atoms with Crippen molar-refractivity contribution in [3.8, 4) is 0 Å². The fourth-order valence-corrected chi connectivity index (χ4v) is 4.72. The van der Waals surface area contributed by atoms with Gasteiger partial charge in [0.25, 0.3) is 0 Å². The first kappa shape index (κ1) is 11.4. The predicted octanol–water partition coefficient (Wildman–Crippen LogP) is 0.546. The fraction of sp³-hybridized carbons (Fsp3) is 0.455. The molecule has 1 aromatic carbocycles. The minimum absolute atomic E-state index is 1.11. The average Bonchev–Trinajstić information content (AvgIpc) is 2.07. The third-order valence-electron chi connectivity index (χ3n) is 2.44. The van der Waals surface area contributed by atoms with E-state index in [0.717, 1.165) is 0 Å². The van der Waals surface area contributed by atoms with Crippen LogP contribution in [0, 0.1) is 6.92 Å². The highest BCUT2D eigenvalue weighted by Crippen LogP contribution is 1.99. The molecule has 14 heavy (non-hydrogen) atoms. The normalized spacial score (nSPS) is 11.7. The summed E-state index contributed by atoms with van der Waals surface area (Å²) in [7, 11) is 7.57. The Morgan fingerprint density at radius 2 is 1.43 bits per heavy atom. The van der Waals surface area contributed by atoms with E-state index < -0.39 is 9.12 Å². The van der Waals surface area contributed by atoms with E-state index in [9.17, 15) is 0 Å². The Balaban J connectivity index is 3.05. The highest BCUT2D eigenvalue weighted by atomic mass is 28.3. The Morgan fingerprint density at radius 1 is 0.929 bits per heavy atom. The van der Waals surface area contributed by atoms with Gasteiger partial charge >= 0.3 is 0 Å². The van der Waals surface area contributed by atoms with Gasteiger partial charge in [0.15, 0.2) is 0 Å². The molecule has 0 unspecified atom stereocenters. The number of hydrogen-bond acceptors (Lipinski definition) is 2. The molecule has 78 valence electrons. The summed E-state index contributed by atoms with van der Waals surface area (Å²) in [5, 5.41) is 1.52. The summed E-state index contributed by atoms with van der Waals surface area (Å²) in [6.07, 6.45) is 0. The van der Waals surface area contributed by atoms with Crippen molar-refractivity contribution in [2.45, 2.75) is 6.92 Å². The second kappa shape index (κ2) is 4.73. The molecular weight excluding hydrogens is 188 g/mol. The molecule has 0 fully saturated rings. The van der Waals surface area contributed by atoms with Crippen LogP contribution in [-0.4, -0.2) is 46.4 Å². The SMILES string of the molecule is Cc1ccccc1[SiH](N(C)C)N(C)C. The summed E-state index contributed by atoms with van der Waals surface area (Å²) in [6, 6.07) is 8.69. The van der Waals surface area contributed by atoms with Gasteiger partial charge in [0, 0.05) is 0 Å². The largest absolute Gasteiger partial charge is 0.316 e. The van der Waals surface area contributed by atoms with E-state index in [1.165, 1.54) is 10.8 Å². The summed E-state index contributed by atoms with van der Waals surface area (Å²) in [6.45, 7) is 2.20. The molecule has 0 radical (unpaired) electrons.